The van der Waals surface area contributed by atoms with E-state index in [9.17, 15) is 14.4 Å². The number of piperidine rings is 1. The second-order valence-electron chi connectivity index (χ2n) is 8.23. The molecule has 1 rings (SSSR count). The second-order valence-corrected chi connectivity index (χ2v) is 8.23. The number of carbonyl (C=O) groups is 3. The quantitative estimate of drug-likeness (QED) is 0.680. The van der Waals surface area contributed by atoms with Gasteiger partial charge in [-0.25, -0.2) is 4.79 Å². The van der Waals surface area contributed by atoms with Gasteiger partial charge in [0.15, 0.2) is 0 Å². The molecule has 1 saturated heterocycles. The van der Waals surface area contributed by atoms with E-state index < -0.39 is 17.4 Å². The lowest BCUT2D eigenvalue weighted by atomic mass is 9.84. The molecular weight excluding hydrogens is 320 g/mol. The number of rotatable bonds is 8. The fourth-order valence-corrected chi connectivity index (χ4v) is 3.23. The number of hydrogen-bond acceptors (Lipinski definition) is 4. The molecule has 0 aromatic heterocycles. The first-order valence-electron chi connectivity index (χ1n) is 9.29. The van der Waals surface area contributed by atoms with Crippen molar-refractivity contribution in [2.24, 2.45) is 11.3 Å². The minimum absolute atomic E-state index is 0.115. The molecule has 0 saturated carbocycles. The molecule has 1 heterocycles. The molecule has 0 aliphatic carbocycles. The molecule has 25 heavy (non-hydrogen) atoms. The summed E-state index contributed by atoms with van der Waals surface area (Å²) in [5.74, 6) is -0.265. The van der Waals surface area contributed by atoms with Gasteiger partial charge in [0.2, 0.25) is 11.8 Å². The number of carbonyl (C=O) groups excluding carboxylic acids is 3. The maximum absolute atomic E-state index is 12.4. The van der Waals surface area contributed by atoms with Crippen molar-refractivity contribution in [1.29, 1.82) is 0 Å². The van der Waals surface area contributed by atoms with E-state index in [1.807, 2.05) is 32.6 Å². The molecule has 1 unspecified atom stereocenters. The van der Waals surface area contributed by atoms with E-state index in [0.29, 0.717) is 12.8 Å². The van der Waals surface area contributed by atoms with Gasteiger partial charge in [-0.2, -0.15) is 0 Å². The number of hydrogen-bond donors (Lipinski definition) is 1. The molecule has 0 spiro atoms. The Labute approximate surface area is 151 Å². The third-order valence-corrected chi connectivity index (χ3v) is 4.51. The second kappa shape index (κ2) is 9.78. The summed E-state index contributed by atoms with van der Waals surface area (Å²) in [6.07, 6.45) is 4.38. The summed E-state index contributed by atoms with van der Waals surface area (Å²) in [5, 5.41) is 2.77. The van der Waals surface area contributed by atoms with Crippen molar-refractivity contribution in [3.05, 3.63) is 0 Å². The molecule has 1 atom stereocenters. The number of nitrogens with zero attached hydrogens (tertiary/aromatic N) is 1. The van der Waals surface area contributed by atoms with Crippen LogP contribution in [0.3, 0.4) is 0 Å². The zero-order valence-corrected chi connectivity index (χ0v) is 16.4. The number of nitrogens with one attached hydrogen (secondary N) is 1. The third kappa shape index (κ3) is 7.88. The van der Waals surface area contributed by atoms with E-state index in [4.69, 9.17) is 4.74 Å². The molecule has 0 aromatic carbocycles. The fourth-order valence-electron chi connectivity index (χ4n) is 3.23. The molecule has 1 aliphatic heterocycles. The van der Waals surface area contributed by atoms with Crippen molar-refractivity contribution >= 4 is 17.8 Å². The van der Waals surface area contributed by atoms with Crippen LogP contribution >= 0.6 is 0 Å². The Hall–Kier alpha value is -1.59. The average molecular weight is 354 g/mol. The van der Waals surface area contributed by atoms with Gasteiger partial charge in [-0.3, -0.25) is 9.59 Å². The van der Waals surface area contributed by atoms with E-state index in [0.717, 1.165) is 25.9 Å². The summed E-state index contributed by atoms with van der Waals surface area (Å²) < 4.78 is 4.77. The van der Waals surface area contributed by atoms with Gasteiger partial charge in [0.05, 0.1) is 7.11 Å². The van der Waals surface area contributed by atoms with Crippen molar-refractivity contribution in [2.45, 2.75) is 72.3 Å². The minimum atomic E-state index is -0.633. The van der Waals surface area contributed by atoms with Crippen LogP contribution in [0.15, 0.2) is 0 Å². The maximum atomic E-state index is 12.4. The monoisotopic (exact) mass is 354 g/mol. The van der Waals surface area contributed by atoms with Crippen LogP contribution in [-0.2, 0) is 19.1 Å². The van der Waals surface area contributed by atoms with Crippen LogP contribution < -0.4 is 5.32 Å². The van der Waals surface area contributed by atoms with Gasteiger partial charge in [0, 0.05) is 25.9 Å². The van der Waals surface area contributed by atoms with Crippen LogP contribution in [0.1, 0.15) is 66.2 Å². The molecule has 0 radical (unpaired) electrons. The fraction of sp³-hybridized carbons (Fsp3) is 0.842. The summed E-state index contributed by atoms with van der Waals surface area (Å²) in [5.41, 5.74) is -0.447. The van der Waals surface area contributed by atoms with Crippen LogP contribution in [0.2, 0.25) is 0 Å². The predicted octanol–water partition coefficient (Wildman–Crippen LogP) is 2.51. The summed E-state index contributed by atoms with van der Waals surface area (Å²) in [6.45, 7) is 9.46. The highest BCUT2D eigenvalue weighted by atomic mass is 16.5. The number of methoxy groups -OCH3 is 1. The van der Waals surface area contributed by atoms with E-state index in [-0.39, 0.29) is 24.2 Å². The van der Waals surface area contributed by atoms with Crippen LogP contribution in [-0.4, -0.2) is 48.9 Å². The molecule has 1 fully saturated rings. The first-order chi connectivity index (χ1) is 11.6. The van der Waals surface area contributed by atoms with Crippen LogP contribution in [0.5, 0.6) is 0 Å². The van der Waals surface area contributed by atoms with E-state index in [2.05, 4.69) is 5.32 Å². The van der Waals surface area contributed by atoms with Crippen LogP contribution in [0.4, 0.5) is 0 Å². The number of likely N-dealkylation sites (tertiary alicyclic amines) is 1. The molecule has 0 bridgehead atoms. The number of amides is 2. The highest BCUT2D eigenvalue weighted by Gasteiger charge is 2.30. The maximum Gasteiger partial charge on any atom is 0.328 e. The van der Waals surface area contributed by atoms with Crippen LogP contribution in [0.25, 0.3) is 0 Å². The lowest BCUT2D eigenvalue weighted by Gasteiger charge is -2.31. The Morgan fingerprint density at radius 2 is 1.68 bits per heavy atom. The summed E-state index contributed by atoms with van der Waals surface area (Å²) in [7, 11) is 1.32. The Balaban J connectivity index is 2.56. The lowest BCUT2D eigenvalue weighted by molar-refractivity contribution is -0.146. The Kier molecular flexibility index (Phi) is 8.39. The smallest absolute Gasteiger partial charge is 0.328 e. The molecular formula is C19H34N2O4. The minimum Gasteiger partial charge on any atom is -0.467 e. The van der Waals surface area contributed by atoms with Gasteiger partial charge in [-0.1, -0.05) is 27.7 Å². The summed E-state index contributed by atoms with van der Waals surface area (Å²) in [4.78, 5) is 38.6. The molecule has 1 N–H and O–H groups in total. The Morgan fingerprint density at radius 1 is 1.08 bits per heavy atom. The average Bonchev–Trinajstić information content (AvgIpc) is 2.52. The first kappa shape index (κ1) is 21.5. The zero-order valence-electron chi connectivity index (χ0n) is 16.4. The van der Waals surface area contributed by atoms with Crippen molar-refractivity contribution in [3.8, 4) is 0 Å². The van der Waals surface area contributed by atoms with Crippen molar-refractivity contribution in [3.63, 3.8) is 0 Å². The summed E-state index contributed by atoms with van der Waals surface area (Å²) >= 11 is 0. The summed E-state index contributed by atoms with van der Waals surface area (Å²) in [6, 6.07) is -0.633. The van der Waals surface area contributed by atoms with E-state index in [1.54, 1.807) is 0 Å². The highest BCUT2D eigenvalue weighted by molar-refractivity contribution is 5.85. The van der Waals surface area contributed by atoms with Gasteiger partial charge in [0.1, 0.15) is 6.04 Å². The third-order valence-electron chi connectivity index (χ3n) is 4.51. The standard InChI is InChI=1S/C19H34N2O4/c1-14(2)11-15(18(24)25-5)20-16(22)12-19(3,4)13-17(23)21-9-7-6-8-10-21/h14-15H,6-13H2,1-5H3,(H,20,22). The van der Waals surface area contributed by atoms with Gasteiger partial charge < -0.3 is 15.0 Å². The largest absolute Gasteiger partial charge is 0.467 e. The predicted molar refractivity (Wildman–Crippen MR) is 96.8 cm³/mol. The van der Waals surface area contributed by atoms with Crippen molar-refractivity contribution < 1.29 is 19.1 Å². The molecule has 0 aromatic rings. The molecule has 1 aliphatic rings. The highest BCUT2D eigenvalue weighted by Crippen LogP contribution is 2.27. The molecule has 144 valence electrons. The molecule has 6 heteroatoms. The zero-order chi connectivity index (χ0) is 19.0. The lowest BCUT2D eigenvalue weighted by Crippen LogP contribution is -2.44. The van der Waals surface area contributed by atoms with Gasteiger partial charge >= 0.3 is 5.97 Å². The normalized spacial score (nSPS) is 16.5. The first-order valence-corrected chi connectivity index (χ1v) is 9.29. The topological polar surface area (TPSA) is 75.7 Å². The van der Waals surface area contributed by atoms with Crippen molar-refractivity contribution in [1.82, 2.24) is 10.2 Å². The molecule has 6 nitrogen and oxygen atoms in total. The number of ether oxygens (including phenoxy) is 1. The number of esters is 1. The SMILES string of the molecule is COC(=O)C(CC(C)C)NC(=O)CC(C)(C)CC(=O)N1CCCCC1. The van der Waals surface area contributed by atoms with E-state index >= 15 is 0 Å². The molecule has 2 amide bonds. The van der Waals surface area contributed by atoms with Gasteiger partial charge in [-0.15, -0.1) is 0 Å². The van der Waals surface area contributed by atoms with Crippen molar-refractivity contribution in [2.75, 3.05) is 20.2 Å². The van der Waals surface area contributed by atoms with Gasteiger partial charge in [-0.05, 0) is 37.0 Å². The van der Waals surface area contributed by atoms with Gasteiger partial charge in [0.25, 0.3) is 0 Å². The Morgan fingerprint density at radius 3 is 2.20 bits per heavy atom. The van der Waals surface area contributed by atoms with E-state index in [1.165, 1.54) is 13.5 Å². The Bertz CT molecular complexity index is 468. The van der Waals surface area contributed by atoms with Crippen LogP contribution in [0, 0.1) is 11.3 Å².